The van der Waals surface area contributed by atoms with E-state index in [0.29, 0.717) is 19.6 Å². The Balaban J connectivity index is 1.55. The molecular formula is C19H17FN4O. The number of benzene rings is 2. The van der Waals surface area contributed by atoms with Gasteiger partial charge in [0.05, 0.1) is 25.0 Å². The van der Waals surface area contributed by atoms with Crippen molar-refractivity contribution >= 4 is 11.7 Å². The summed E-state index contributed by atoms with van der Waals surface area (Å²) in [6.07, 6.45) is 1.78. The Morgan fingerprint density at radius 3 is 2.56 bits per heavy atom. The average molecular weight is 336 g/mol. The van der Waals surface area contributed by atoms with Crippen LogP contribution in [0.25, 0.3) is 11.1 Å². The fraction of sp³-hybridized carbons (Fsp3) is 0.158. The normalized spacial score (nSPS) is 13.4. The SMILES string of the molecule is O=C(Nc1ccccc1)N1CCn2ncc(-c3ccc(F)cc3)c2C1. The van der Waals surface area contributed by atoms with Crippen LogP contribution in [-0.2, 0) is 13.1 Å². The first-order valence-electron chi connectivity index (χ1n) is 8.12. The zero-order valence-electron chi connectivity index (χ0n) is 13.5. The molecule has 2 aromatic carbocycles. The van der Waals surface area contributed by atoms with Gasteiger partial charge in [-0.1, -0.05) is 30.3 Å². The molecule has 126 valence electrons. The fourth-order valence-electron chi connectivity index (χ4n) is 3.01. The highest BCUT2D eigenvalue weighted by Gasteiger charge is 2.24. The highest BCUT2D eigenvalue weighted by molar-refractivity contribution is 5.89. The zero-order chi connectivity index (χ0) is 17.2. The van der Waals surface area contributed by atoms with E-state index in [0.717, 1.165) is 22.5 Å². The molecule has 1 aliphatic rings. The van der Waals surface area contributed by atoms with E-state index in [2.05, 4.69) is 10.4 Å². The molecule has 0 saturated heterocycles. The van der Waals surface area contributed by atoms with Crippen LogP contribution in [0, 0.1) is 5.82 Å². The average Bonchev–Trinajstić information content (AvgIpc) is 3.06. The second-order valence-electron chi connectivity index (χ2n) is 5.95. The molecule has 2 amide bonds. The van der Waals surface area contributed by atoms with Gasteiger partial charge in [-0.2, -0.15) is 5.10 Å². The summed E-state index contributed by atoms with van der Waals surface area (Å²) in [5.74, 6) is -0.270. The highest BCUT2D eigenvalue weighted by atomic mass is 19.1. The molecule has 25 heavy (non-hydrogen) atoms. The summed E-state index contributed by atoms with van der Waals surface area (Å²) in [5, 5.41) is 7.31. The minimum atomic E-state index is -0.270. The highest BCUT2D eigenvalue weighted by Crippen LogP contribution is 2.27. The monoisotopic (exact) mass is 336 g/mol. The van der Waals surface area contributed by atoms with Crippen LogP contribution in [0.1, 0.15) is 5.69 Å². The van der Waals surface area contributed by atoms with Crippen LogP contribution in [0.5, 0.6) is 0 Å². The van der Waals surface area contributed by atoms with Gasteiger partial charge in [0.1, 0.15) is 5.82 Å². The number of para-hydroxylation sites is 1. The van der Waals surface area contributed by atoms with Crippen LogP contribution in [0.15, 0.2) is 60.8 Å². The van der Waals surface area contributed by atoms with Crippen molar-refractivity contribution in [2.24, 2.45) is 0 Å². The van der Waals surface area contributed by atoms with E-state index in [9.17, 15) is 9.18 Å². The predicted molar refractivity (Wildman–Crippen MR) is 93.5 cm³/mol. The number of rotatable bonds is 2. The molecule has 5 nitrogen and oxygen atoms in total. The van der Waals surface area contributed by atoms with Crippen LogP contribution in [-0.4, -0.2) is 27.3 Å². The summed E-state index contributed by atoms with van der Waals surface area (Å²) >= 11 is 0. The molecule has 1 aliphatic heterocycles. The van der Waals surface area contributed by atoms with Gasteiger partial charge in [-0.15, -0.1) is 0 Å². The molecule has 0 fully saturated rings. The number of hydrogen-bond donors (Lipinski definition) is 1. The largest absolute Gasteiger partial charge is 0.322 e. The third-order valence-electron chi connectivity index (χ3n) is 4.34. The van der Waals surface area contributed by atoms with Crippen LogP contribution in [0.2, 0.25) is 0 Å². The van der Waals surface area contributed by atoms with Gasteiger partial charge in [-0.05, 0) is 29.8 Å². The molecule has 0 atom stereocenters. The number of urea groups is 1. The van der Waals surface area contributed by atoms with E-state index in [1.807, 2.05) is 35.0 Å². The van der Waals surface area contributed by atoms with Crippen molar-refractivity contribution < 1.29 is 9.18 Å². The first-order valence-corrected chi connectivity index (χ1v) is 8.12. The molecule has 0 radical (unpaired) electrons. The lowest BCUT2D eigenvalue weighted by atomic mass is 10.1. The van der Waals surface area contributed by atoms with Crippen molar-refractivity contribution in [3.63, 3.8) is 0 Å². The van der Waals surface area contributed by atoms with Gasteiger partial charge in [0.25, 0.3) is 0 Å². The predicted octanol–water partition coefficient (Wildman–Crippen LogP) is 3.74. The van der Waals surface area contributed by atoms with Crippen molar-refractivity contribution in [3.8, 4) is 11.1 Å². The van der Waals surface area contributed by atoms with Gasteiger partial charge in [-0.25, -0.2) is 9.18 Å². The van der Waals surface area contributed by atoms with Gasteiger partial charge < -0.3 is 10.2 Å². The topological polar surface area (TPSA) is 50.2 Å². The number of nitrogens with zero attached hydrogens (tertiary/aromatic N) is 3. The Morgan fingerprint density at radius 2 is 1.80 bits per heavy atom. The van der Waals surface area contributed by atoms with E-state index < -0.39 is 0 Å². The van der Waals surface area contributed by atoms with Crippen molar-refractivity contribution in [3.05, 3.63) is 72.3 Å². The van der Waals surface area contributed by atoms with E-state index in [1.165, 1.54) is 12.1 Å². The quantitative estimate of drug-likeness (QED) is 0.775. The van der Waals surface area contributed by atoms with Crippen LogP contribution < -0.4 is 5.32 Å². The molecule has 2 heterocycles. The molecule has 3 aromatic rings. The molecule has 1 aromatic heterocycles. The molecule has 0 saturated carbocycles. The van der Waals surface area contributed by atoms with E-state index >= 15 is 0 Å². The minimum absolute atomic E-state index is 0.135. The number of hydrogen-bond acceptors (Lipinski definition) is 2. The third kappa shape index (κ3) is 3.10. The molecule has 6 heteroatoms. The standard InChI is InChI=1S/C19H17FN4O/c20-15-8-6-14(7-9-15)17-12-21-24-11-10-23(13-18(17)24)19(25)22-16-4-2-1-3-5-16/h1-9,12H,10-11,13H2,(H,22,25). The molecule has 0 bridgehead atoms. The molecule has 0 spiro atoms. The Hall–Kier alpha value is -3.15. The number of amides is 2. The van der Waals surface area contributed by atoms with Crippen molar-refractivity contribution in [1.29, 1.82) is 0 Å². The number of halogens is 1. The number of anilines is 1. The molecule has 0 aliphatic carbocycles. The Morgan fingerprint density at radius 1 is 1.04 bits per heavy atom. The first kappa shape index (κ1) is 15.4. The number of carbonyl (C=O) groups excluding carboxylic acids is 1. The van der Waals surface area contributed by atoms with Gasteiger partial charge in [0.15, 0.2) is 0 Å². The van der Waals surface area contributed by atoms with E-state index in [4.69, 9.17) is 0 Å². The number of carbonyl (C=O) groups is 1. The van der Waals surface area contributed by atoms with Gasteiger partial charge in [0, 0.05) is 17.8 Å². The summed E-state index contributed by atoms with van der Waals surface area (Å²) < 4.78 is 15.1. The minimum Gasteiger partial charge on any atom is -0.317 e. The Bertz CT molecular complexity index is 890. The summed E-state index contributed by atoms with van der Waals surface area (Å²) in [6, 6.07) is 15.6. The lowest BCUT2D eigenvalue weighted by molar-refractivity contribution is 0.194. The van der Waals surface area contributed by atoms with Crippen molar-refractivity contribution in [2.45, 2.75) is 13.1 Å². The smallest absolute Gasteiger partial charge is 0.317 e. The maximum absolute atomic E-state index is 13.2. The molecular weight excluding hydrogens is 319 g/mol. The summed E-state index contributed by atoms with van der Waals surface area (Å²) in [7, 11) is 0. The number of nitrogens with one attached hydrogen (secondary N) is 1. The number of aromatic nitrogens is 2. The van der Waals surface area contributed by atoms with Crippen molar-refractivity contribution in [2.75, 3.05) is 11.9 Å². The maximum atomic E-state index is 13.2. The molecule has 0 unspecified atom stereocenters. The van der Waals surface area contributed by atoms with Crippen LogP contribution in [0.4, 0.5) is 14.9 Å². The number of fused-ring (bicyclic) bond motifs is 1. The van der Waals surface area contributed by atoms with Crippen LogP contribution >= 0.6 is 0 Å². The summed E-state index contributed by atoms with van der Waals surface area (Å²) in [6.45, 7) is 1.69. The van der Waals surface area contributed by atoms with Crippen molar-refractivity contribution in [1.82, 2.24) is 14.7 Å². The van der Waals surface area contributed by atoms with Gasteiger partial charge >= 0.3 is 6.03 Å². The first-order chi connectivity index (χ1) is 12.2. The second-order valence-corrected chi connectivity index (χ2v) is 5.95. The lowest BCUT2D eigenvalue weighted by Crippen LogP contribution is -2.41. The second kappa shape index (κ2) is 6.39. The van der Waals surface area contributed by atoms with Gasteiger partial charge in [0.2, 0.25) is 0 Å². The molecule has 1 N–H and O–H groups in total. The van der Waals surface area contributed by atoms with Crippen LogP contribution in [0.3, 0.4) is 0 Å². The fourth-order valence-corrected chi connectivity index (χ4v) is 3.01. The zero-order valence-corrected chi connectivity index (χ0v) is 13.5. The lowest BCUT2D eigenvalue weighted by Gasteiger charge is -2.28. The Labute approximate surface area is 144 Å². The van der Waals surface area contributed by atoms with E-state index in [-0.39, 0.29) is 11.8 Å². The molecule has 4 rings (SSSR count). The van der Waals surface area contributed by atoms with E-state index in [1.54, 1.807) is 23.2 Å². The third-order valence-corrected chi connectivity index (χ3v) is 4.34. The van der Waals surface area contributed by atoms with Gasteiger partial charge in [-0.3, -0.25) is 4.68 Å². The summed E-state index contributed by atoms with van der Waals surface area (Å²) in [5.41, 5.74) is 3.55. The summed E-state index contributed by atoms with van der Waals surface area (Å²) in [4.78, 5) is 14.3. The maximum Gasteiger partial charge on any atom is 0.322 e. The Kier molecular flexibility index (Phi) is 3.93.